The normalized spacial score (nSPS) is 11.1. The van der Waals surface area contributed by atoms with E-state index in [0.717, 1.165) is 11.8 Å². The predicted octanol–water partition coefficient (Wildman–Crippen LogP) is 4.08. The van der Waals surface area contributed by atoms with E-state index in [1.54, 1.807) is 24.3 Å². The molecule has 0 radical (unpaired) electrons. The molecule has 0 spiro atoms. The van der Waals surface area contributed by atoms with E-state index < -0.39 is 11.2 Å². The maximum Gasteiger partial charge on any atom is 0.323 e. The molecule has 142 valence electrons. The molecule has 1 unspecified atom stereocenters. The van der Waals surface area contributed by atoms with Crippen molar-refractivity contribution in [2.75, 3.05) is 12.8 Å². The highest BCUT2D eigenvalue weighted by molar-refractivity contribution is 8.00. The number of aromatic nitrogens is 1. The van der Waals surface area contributed by atoms with E-state index in [-0.39, 0.29) is 22.0 Å². The fourth-order valence-corrected chi connectivity index (χ4v) is 4.00. The second-order valence-corrected chi connectivity index (χ2v) is 7.04. The molecule has 0 bridgehead atoms. The van der Waals surface area contributed by atoms with Crippen molar-refractivity contribution < 1.29 is 9.53 Å². The van der Waals surface area contributed by atoms with Crippen LogP contribution in [0.4, 0.5) is 5.82 Å². The van der Waals surface area contributed by atoms with Gasteiger partial charge in [-0.3, -0.25) is 4.79 Å². The Morgan fingerprint density at radius 2 is 1.62 bits per heavy atom. The maximum absolute atomic E-state index is 12.4. The summed E-state index contributed by atoms with van der Waals surface area (Å²) in [6.45, 7) is 0. The van der Waals surface area contributed by atoms with Crippen LogP contribution in [0.15, 0.2) is 65.7 Å². The third kappa shape index (κ3) is 4.06. The summed E-state index contributed by atoms with van der Waals surface area (Å²) in [7, 11) is 1.31. The zero-order valence-electron chi connectivity index (χ0n) is 15.5. The third-order valence-corrected chi connectivity index (χ3v) is 5.44. The Hall–Kier alpha value is -3.81. The van der Waals surface area contributed by atoms with E-state index in [9.17, 15) is 15.3 Å². The molecule has 0 saturated heterocycles. The SMILES string of the molecule is COC(=O)C(Sc1nc(N)c(C#N)c(-c2ccccc2)c1C#N)c1ccccc1. The maximum atomic E-state index is 12.4. The van der Waals surface area contributed by atoms with Gasteiger partial charge in [-0.25, -0.2) is 4.98 Å². The number of nitrogens with zero attached hydrogens (tertiary/aromatic N) is 3. The number of benzene rings is 2. The number of carbonyl (C=O) groups excluding carboxylic acids is 1. The summed E-state index contributed by atoms with van der Waals surface area (Å²) in [6, 6.07) is 22.3. The van der Waals surface area contributed by atoms with Crippen LogP contribution in [0.3, 0.4) is 0 Å². The molecule has 7 heteroatoms. The molecule has 6 nitrogen and oxygen atoms in total. The van der Waals surface area contributed by atoms with Gasteiger partial charge in [-0.15, -0.1) is 0 Å². The van der Waals surface area contributed by atoms with Gasteiger partial charge in [0.15, 0.2) is 0 Å². The number of pyridine rings is 1. The molecule has 3 rings (SSSR count). The molecule has 29 heavy (non-hydrogen) atoms. The lowest BCUT2D eigenvalue weighted by Gasteiger charge is -2.17. The van der Waals surface area contributed by atoms with Crippen LogP contribution in [0.5, 0.6) is 0 Å². The first kappa shape index (κ1) is 19.9. The highest BCUT2D eigenvalue weighted by atomic mass is 32.2. The van der Waals surface area contributed by atoms with E-state index in [0.29, 0.717) is 16.7 Å². The largest absolute Gasteiger partial charge is 0.468 e. The number of nitriles is 2. The Kier molecular flexibility index (Phi) is 6.13. The van der Waals surface area contributed by atoms with Crippen molar-refractivity contribution in [1.82, 2.24) is 4.98 Å². The van der Waals surface area contributed by atoms with E-state index >= 15 is 0 Å². The predicted molar refractivity (Wildman–Crippen MR) is 111 cm³/mol. The number of thioether (sulfide) groups is 1. The zero-order chi connectivity index (χ0) is 20.8. The summed E-state index contributed by atoms with van der Waals surface area (Å²) in [5, 5.41) is 19.0. The van der Waals surface area contributed by atoms with Gasteiger partial charge < -0.3 is 10.5 Å². The minimum Gasteiger partial charge on any atom is -0.468 e. The van der Waals surface area contributed by atoms with E-state index in [2.05, 4.69) is 11.1 Å². The van der Waals surface area contributed by atoms with Gasteiger partial charge in [0.1, 0.15) is 33.8 Å². The monoisotopic (exact) mass is 400 g/mol. The smallest absolute Gasteiger partial charge is 0.323 e. The first-order valence-electron chi connectivity index (χ1n) is 8.59. The number of rotatable bonds is 5. The molecule has 1 heterocycles. The summed E-state index contributed by atoms with van der Waals surface area (Å²) in [5.41, 5.74) is 8.15. The Morgan fingerprint density at radius 3 is 2.17 bits per heavy atom. The summed E-state index contributed by atoms with van der Waals surface area (Å²) >= 11 is 1.07. The second kappa shape index (κ2) is 8.92. The Balaban J connectivity index is 2.20. The fourth-order valence-electron chi connectivity index (χ4n) is 2.88. The lowest BCUT2D eigenvalue weighted by Crippen LogP contribution is -2.12. The summed E-state index contributed by atoms with van der Waals surface area (Å²) in [5.74, 6) is -0.472. The number of hydrogen-bond acceptors (Lipinski definition) is 7. The Bertz CT molecular complexity index is 1120. The summed E-state index contributed by atoms with van der Waals surface area (Å²) < 4.78 is 4.95. The van der Waals surface area contributed by atoms with E-state index in [4.69, 9.17) is 10.5 Å². The topological polar surface area (TPSA) is 113 Å². The summed E-state index contributed by atoms with van der Waals surface area (Å²) in [4.78, 5) is 16.7. The van der Waals surface area contributed by atoms with Gasteiger partial charge in [-0.05, 0) is 11.1 Å². The van der Waals surface area contributed by atoms with Crippen LogP contribution in [0.2, 0.25) is 0 Å². The quantitative estimate of drug-likeness (QED) is 0.507. The van der Waals surface area contributed by atoms with Gasteiger partial charge >= 0.3 is 5.97 Å². The van der Waals surface area contributed by atoms with E-state index in [1.807, 2.05) is 42.5 Å². The highest BCUT2D eigenvalue weighted by Crippen LogP contribution is 2.41. The van der Waals surface area contributed by atoms with Gasteiger partial charge in [-0.1, -0.05) is 72.4 Å². The van der Waals surface area contributed by atoms with Crippen LogP contribution in [-0.2, 0) is 9.53 Å². The van der Waals surface area contributed by atoms with Gasteiger partial charge in [0, 0.05) is 5.56 Å². The average Bonchev–Trinajstić information content (AvgIpc) is 2.77. The molecule has 3 aromatic rings. The number of esters is 1. The number of ether oxygens (including phenoxy) is 1. The van der Waals surface area contributed by atoms with Gasteiger partial charge in [0.2, 0.25) is 0 Å². The van der Waals surface area contributed by atoms with Crippen LogP contribution in [-0.4, -0.2) is 18.1 Å². The lowest BCUT2D eigenvalue weighted by molar-refractivity contribution is -0.140. The van der Waals surface area contributed by atoms with Crippen molar-refractivity contribution in [2.24, 2.45) is 0 Å². The average molecular weight is 400 g/mol. The highest BCUT2D eigenvalue weighted by Gasteiger charge is 2.28. The Morgan fingerprint density at radius 1 is 1.03 bits per heavy atom. The van der Waals surface area contributed by atoms with Crippen LogP contribution in [0.1, 0.15) is 21.9 Å². The van der Waals surface area contributed by atoms with Crippen molar-refractivity contribution in [2.45, 2.75) is 10.3 Å². The first-order chi connectivity index (χ1) is 14.1. The van der Waals surface area contributed by atoms with Crippen LogP contribution in [0.25, 0.3) is 11.1 Å². The standard InChI is InChI=1S/C22H16N4O2S/c1-28-22(27)19(15-10-6-3-7-11-15)29-21-17(13-24)18(14-8-4-2-5-9-14)16(12-23)20(25)26-21/h2-11,19H,1H3,(H2,25,26). The molecule has 0 saturated carbocycles. The van der Waals surface area contributed by atoms with Crippen LogP contribution in [0, 0.1) is 22.7 Å². The molecule has 2 aromatic carbocycles. The number of nitrogen functional groups attached to an aromatic ring is 1. The molecule has 2 N–H and O–H groups in total. The van der Waals surface area contributed by atoms with Gasteiger partial charge in [0.25, 0.3) is 0 Å². The molecular formula is C22H16N4O2S. The lowest BCUT2D eigenvalue weighted by atomic mass is 9.97. The fraction of sp³-hybridized carbons (Fsp3) is 0.0909. The van der Waals surface area contributed by atoms with Gasteiger partial charge in [0.05, 0.1) is 12.7 Å². The molecular weight excluding hydrogens is 384 g/mol. The van der Waals surface area contributed by atoms with Crippen molar-refractivity contribution in [3.63, 3.8) is 0 Å². The number of nitrogens with two attached hydrogens (primary N) is 1. The number of carbonyl (C=O) groups is 1. The zero-order valence-corrected chi connectivity index (χ0v) is 16.3. The Labute approximate surface area is 172 Å². The van der Waals surface area contributed by atoms with Gasteiger partial charge in [-0.2, -0.15) is 10.5 Å². The first-order valence-corrected chi connectivity index (χ1v) is 9.47. The van der Waals surface area contributed by atoms with Crippen molar-refractivity contribution in [3.05, 3.63) is 77.4 Å². The minimum absolute atomic E-state index is 0.00419. The minimum atomic E-state index is -0.739. The molecule has 0 fully saturated rings. The third-order valence-electron chi connectivity index (χ3n) is 4.23. The van der Waals surface area contributed by atoms with Crippen molar-refractivity contribution in [3.8, 4) is 23.3 Å². The molecule has 0 aliphatic heterocycles. The molecule has 0 aliphatic rings. The molecule has 0 amide bonds. The van der Waals surface area contributed by atoms with E-state index in [1.165, 1.54) is 7.11 Å². The number of hydrogen-bond donors (Lipinski definition) is 1. The number of anilines is 1. The number of methoxy groups -OCH3 is 1. The molecule has 1 aromatic heterocycles. The van der Waals surface area contributed by atoms with Crippen molar-refractivity contribution in [1.29, 1.82) is 10.5 Å². The second-order valence-electron chi connectivity index (χ2n) is 5.95. The van der Waals surface area contributed by atoms with Crippen LogP contribution < -0.4 is 5.73 Å². The molecule has 1 atom stereocenters. The van der Waals surface area contributed by atoms with Crippen molar-refractivity contribution >= 4 is 23.5 Å². The summed E-state index contributed by atoms with van der Waals surface area (Å²) in [6.07, 6.45) is 0. The molecule has 0 aliphatic carbocycles. The van der Waals surface area contributed by atoms with Crippen LogP contribution >= 0.6 is 11.8 Å².